The maximum atomic E-state index is 11.1. The van der Waals surface area contributed by atoms with Gasteiger partial charge < -0.3 is 14.9 Å². The lowest BCUT2D eigenvalue weighted by atomic mass is 10.0. The predicted octanol–water partition coefficient (Wildman–Crippen LogP) is 3.06. The summed E-state index contributed by atoms with van der Waals surface area (Å²) in [5.74, 6) is -0.197. The highest BCUT2D eigenvalue weighted by molar-refractivity contribution is 5.89. The van der Waals surface area contributed by atoms with Gasteiger partial charge in [0.15, 0.2) is 0 Å². The average molecular weight is 286 g/mol. The molecular weight excluding hydrogens is 268 g/mol. The van der Waals surface area contributed by atoms with E-state index in [0.29, 0.717) is 11.3 Å². The number of aliphatic hydroxyl groups is 1. The Morgan fingerprint density at radius 2 is 1.81 bits per heavy atom. The van der Waals surface area contributed by atoms with Gasteiger partial charge >= 0.3 is 5.97 Å². The molecule has 0 fully saturated rings. The van der Waals surface area contributed by atoms with Gasteiger partial charge in [-0.2, -0.15) is 0 Å². The topological polar surface area (TPSA) is 66.8 Å². The fourth-order valence-electron chi connectivity index (χ4n) is 2.01. The standard InChI is InChI=1S/C17H18O4/c1-12(10-18)13-6-8-15(9-7-13)21-11-14-4-2-3-5-16(14)17(19)20/h2-9,12,18H,10-11H2,1H3,(H,19,20). The van der Waals surface area contributed by atoms with Gasteiger partial charge in [0.2, 0.25) is 0 Å². The maximum Gasteiger partial charge on any atom is 0.336 e. The number of rotatable bonds is 6. The molecule has 4 heteroatoms. The van der Waals surface area contributed by atoms with Crippen molar-refractivity contribution in [3.63, 3.8) is 0 Å². The second-order valence-corrected chi connectivity index (χ2v) is 4.90. The van der Waals surface area contributed by atoms with Crippen LogP contribution in [0.15, 0.2) is 48.5 Å². The number of carboxylic acids is 1. The van der Waals surface area contributed by atoms with Crippen LogP contribution in [0, 0.1) is 0 Å². The number of aliphatic hydroxyl groups excluding tert-OH is 1. The Morgan fingerprint density at radius 3 is 2.43 bits per heavy atom. The zero-order valence-electron chi connectivity index (χ0n) is 11.8. The minimum Gasteiger partial charge on any atom is -0.489 e. The fourth-order valence-corrected chi connectivity index (χ4v) is 2.01. The highest BCUT2D eigenvalue weighted by Crippen LogP contribution is 2.20. The monoisotopic (exact) mass is 286 g/mol. The molecule has 0 aliphatic rings. The van der Waals surface area contributed by atoms with Gasteiger partial charge in [-0.1, -0.05) is 37.3 Å². The van der Waals surface area contributed by atoms with E-state index in [-0.39, 0.29) is 24.7 Å². The first-order chi connectivity index (χ1) is 10.1. The molecule has 0 spiro atoms. The summed E-state index contributed by atoms with van der Waals surface area (Å²) < 4.78 is 5.63. The molecule has 0 saturated carbocycles. The Bertz CT molecular complexity index is 604. The van der Waals surface area contributed by atoms with Gasteiger partial charge in [0, 0.05) is 18.1 Å². The van der Waals surface area contributed by atoms with Crippen LogP contribution in [0.25, 0.3) is 0 Å². The van der Waals surface area contributed by atoms with Crippen LogP contribution in [0.3, 0.4) is 0 Å². The Labute approximate surface area is 123 Å². The van der Waals surface area contributed by atoms with Crippen LogP contribution in [0.5, 0.6) is 5.75 Å². The fraction of sp³-hybridized carbons (Fsp3) is 0.235. The normalized spacial score (nSPS) is 11.9. The molecule has 0 heterocycles. The van der Waals surface area contributed by atoms with Gasteiger partial charge in [-0.05, 0) is 23.8 Å². The van der Waals surface area contributed by atoms with Crippen molar-refractivity contribution < 1.29 is 19.7 Å². The first-order valence-electron chi connectivity index (χ1n) is 6.76. The van der Waals surface area contributed by atoms with Gasteiger partial charge in [-0.3, -0.25) is 0 Å². The molecule has 2 aromatic rings. The first kappa shape index (κ1) is 15.1. The SMILES string of the molecule is CC(CO)c1ccc(OCc2ccccc2C(=O)O)cc1. The third-order valence-corrected chi connectivity index (χ3v) is 3.37. The Hall–Kier alpha value is -2.33. The number of aromatic carboxylic acids is 1. The van der Waals surface area contributed by atoms with E-state index in [0.717, 1.165) is 5.56 Å². The molecule has 0 aliphatic heterocycles. The quantitative estimate of drug-likeness (QED) is 0.856. The first-order valence-corrected chi connectivity index (χ1v) is 6.76. The summed E-state index contributed by atoms with van der Waals surface area (Å²) in [6, 6.07) is 14.2. The van der Waals surface area contributed by atoms with Crippen LogP contribution in [0.4, 0.5) is 0 Å². The predicted molar refractivity (Wildman–Crippen MR) is 79.7 cm³/mol. The van der Waals surface area contributed by atoms with Crippen molar-refractivity contribution >= 4 is 5.97 Å². The average Bonchev–Trinajstić information content (AvgIpc) is 2.52. The van der Waals surface area contributed by atoms with E-state index in [1.807, 2.05) is 31.2 Å². The highest BCUT2D eigenvalue weighted by atomic mass is 16.5. The van der Waals surface area contributed by atoms with Crippen molar-refractivity contribution in [3.05, 3.63) is 65.2 Å². The minimum absolute atomic E-state index is 0.0896. The molecule has 1 atom stereocenters. The van der Waals surface area contributed by atoms with E-state index in [9.17, 15) is 4.79 Å². The van der Waals surface area contributed by atoms with E-state index >= 15 is 0 Å². The Balaban J connectivity index is 2.05. The summed E-state index contributed by atoms with van der Waals surface area (Å²) in [5, 5.41) is 18.2. The molecule has 0 radical (unpaired) electrons. The van der Waals surface area contributed by atoms with Crippen LogP contribution in [0.2, 0.25) is 0 Å². The number of carbonyl (C=O) groups is 1. The molecule has 4 nitrogen and oxygen atoms in total. The second kappa shape index (κ2) is 6.90. The molecule has 0 bridgehead atoms. The molecule has 1 unspecified atom stereocenters. The minimum atomic E-state index is -0.957. The van der Waals surface area contributed by atoms with E-state index < -0.39 is 5.97 Å². The van der Waals surface area contributed by atoms with Gasteiger partial charge in [-0.15, -0.1) is 0 Å². The van der Waals surface area contributed by atoms with Crippen LogP contribution in [-0.4, -0.2) is 22.8 Å². The zero-order valence-corrected chi connectivity index (χ0v) is 11.8. The molecule has 0 amide bonds. The number of benzene rings is 2. The molecule has 21 heavy (non-hydrogen) atoms. The maximum absolute atomic E-state index is 11.1. The van der Waals surface area contributed by atoms with Gasteiger partial charge in [0.25, 0.3) is 0 Å². The van der Waals surface area contributed by atoms with Gasteiger partial charge in [0.05, 0.1) is 5.56 Å². The Kier molecular flexibility index (Phi) is 4.95. The number of ether oxygens (including phenoxy) is 1. The molecule has 0 aliphatic carbocycles. The van der Waals surface area contributed by atoms with Crippen molar-refractivity contribution in [1.29, 1.82) is 0 Å². The number of hydrogen-bond donors (Lipinski definition) is 2. The van der Waals surface area contributed by atoms with Crippen LogP contribution >= 0.6 is 0 Å². The summed E-state index contributed by atoms with van der Waals surface area (Å²) >= 11 is 0. The van der Waals surface area contributed by atoms with E-state index in [2.05, 4.69) is 0 Å². The van der Waals surface area contributed by atoms with Gasteiger partial charge in [-0.25, -0.2) is 4.79 Å². The summed E-state index contributed by atoms with van der Waals surface area (Å²) in [6.07, 6.45) is 0. The number of carboxylic acid groups (broad SMARTS) is 1. The van der Waals surface area contributed by atoms with Gasteiger partial charge in [0.1, 0.15) is 12.4 Å². The van der Waals surface area contributed by atoms with Crippen molar-refractivity contribution in [2.75, 3.05) is 6.61 Å². The highest BCUT2D eigenvalue weighted by Gasteiger charge is 2.09. The lowest BCUT2D eigenvalue weighted by Crippen LogP contribution is -2.05. The molecule has 0 saturated heterocycles. The van der Waals surface area contributed by atoms with Crippen molar-refractivity contribution in [1.82, 2.24) is 0 Å². The summed E-state index contributed by atoms with van der Waals surface area (Å²) in [6.45, 7) is 2.25. The molecule has 110 valence electrons. The third kappa shape index (κ3) is 3.83. The van der Waals surface area contributed by atoms with Crippen molar-refractivity contribution in [2.45, 2.75) is 19.4 Å². The molecule has 2 rings (SSSR count). The molecule has 2 N–H and O–H groups in total. The number of hydrogen-bond acceptors (Lipinski definition) is 3. The smallest absolute Gasteiger partial charge is 0.336 e. The second-order valence-electron chi connectivity index (χ2n) is 4.90. The van der Waals surface area contributed by atoms with Crippen molar-refractivity contribution in [3.8, 4) is 5.75 Å². The summed E-state index contributed by atoms with van der Waals surface area (Å²) in [5.41, 5.74) is 1.93. The van der Waals surface area contributed by atoms with E-state index in [1.165, 1.54) is 0 Å². The molecule has 0 aromatic heterocycles. The largest absolute Gasteiger partial charge is 0.489 e. The lowest BCUT2D eigenvalue weighted by molar-refractivity contribution is 0.0694. The zero-order chi connectivity index (χ0) is 15.2. The third-order valence-electron chi connectivity index (χ3n) is 3.37. The van der Waals surface area contributed by atoms with Crippen molar-refractivity contribution in [2.24, 2.45) is 0 Å². The summed E-state index contributed by atoms with van der Waals surface area (Å²) in [7, 11) is 0. The summed E-state index contributed by atoms with van der Waals surface area (Å²) in [4.78, 5) is 11.1. The van der Waals surface area contributed by atoms with E-state index in [4.69, 9.17) is 14.9 Å². The van der Waals surface area contributed by atoms with E-state index in [1.54, 1.807) is 24.3 Å². The van der Waals surface area contributed by atoms with Crippen LogP contribution in [-0.2, 0) is 6.61 Å². The lowest BCUT2D eigenvalue weighted by Gasteiger charge is -2.11. The van der Waals surface area contributed by atoms with Crippen LogP contribution < -0.4 is 4.74 Å². The van der Waals surface area contributed by atoms with Crippen LogP contribution in [0.1, 0.15) is 34.3 Å². The Morgan fingerprint density at radius 1 is 1.14 bits per heavy atom. The molecule has 2 aromatic carbocycles. The molecular formula is C17H18O4.